The van der Waals surface area contributed by atoms with Gasteiger partial charge in [0.25, 0.3) is 0 Å². The first-order valence-electron chi connectivity index (χ1n) is 5.02. The van der Waals surface area contributed by atoms with E-state index in [1.807, 2.05) is 6.92 Å². The molecule has 0 radical (unpaired) electrons. The Hall–Kier alpha value is -0.640. The Morgan fingerprint density at radius 1 is 1.67 bits per heavy atom. The predicted octanol–water partition coefficient (Wildman–Crippen LogP) is 0.339. The molecule has 0 aromatic heterocycles. The molecule has 1 fully saturated rings. The van der Waals surface area contributed by atoms with Gasteiger partial charge in [-0.1, -0.05) is 6.92 Å². The first-order valence-corrected chi connectivity index (χ1v) is 6.52. The van der Waals surface area contributed by atoms with E-state index in [4.69, 9.17) is 10.00 Å². The average molecular weight is 232 g/mol. The highest BCUT2D eigenvalue weighted by molar-refractivity contribution is 7.89. The van der Waals surface area contributed by atoms with Gasteiger partial charge in [-0.15, -0.1) is 0 Å². The molecule has 0 aliphatic carbocycles. The normalized spacial score (nSPS) is 25.8. The minimum Gasteiger partial charge on any atom is -0.375 e. The van der Waals surface area contributed by atoms with E-state index in [-0.39, 0.29) is 6.10 Å². The van der Waals surface area contributed by atoms with Crippen molar-refractivity contribution in [3.63, 3.8) is 0 Å². The second kappa shape index (κ2) is 4.92. The highest BCUT2D eigenvalue weighted by Crippen LogP contribution is 2.15. The lowest BCUT2D eigenvalue weighted by Gasteiger charge is -2.32. The van der Waals surface area contributed by atoms with E-state index in [1.165, 1.54) is 11.2 Å². The first-order chi connectivity index (χ1) is 7.02. The molecule has 0 aromatic carbocycles. The van der Waals surface area contributed by atoms with Crippen molar-refractivity contribution in [3.05, 3.63) is 0 Å². The molecule has 0 saturated carbocycles. The van der Waals surface area contributed by atoms with Gasteiger partial charge in [-0.2, -0.15) is 9.57 Å². The summed E-state index contributed by atoms with van der Waals surface area (Å²) >= 11 is 0. The Morgan fingerprint density at radius 3 is 2.87 bits per heavy atom. The maximum absolute atomic E-state index is 11.8. The van der Waals surface area contributed by atoms with Crippen LogP contribution < -0.4 is 0 Å². The van der Waals surface area contributed by atoms with Crippen LogP contribution in [0.3, 0.4) is 0 Å². The van der Waals surface area contributed by atoms with Crippen LogP contribution in [0.5, 0.6) is 0 Å². The second-order valence-electron chi connectivity index (χ2n) is 3.58. The number of hydrogen-bond donors (Lipinski definition) is 0. The summed E-state index contributed by atoms with van der Waals surface area (Å²) in [6, 6.07) is 1.76. The Labute approximate surface area is 90.7 Å². The van der Waals surface area contributed by atoms with Gasteiger partial charge in [0.15, 0.2) is 5.25 Å². The molecule has 15 heavy (non-hydrogen) atoms. The van der Waals surface area contributed by atoms with E-state index in [9.17, 15) is 8.42 Å². The molecule has 0 spiro atoms. The van der Waals surface area contributed by atoms with Crippen LogP contribution in [0, 0.1) is 11.3 Å². The fourth-order valence-corrected chi connectivity index (χ4v) is 2.74. The second-order valence-corrected chi connectivity index (χ2v) is 5.83. The molecule has 1 rings (SSSR count). The third-order valence-corrected chi connectivity index (χ3v) is 4.60. The predicted molar refractivity (Wildman–Crippen MR) is 55.6 cm³/mol. The van der Waals surface area contributed by atoms with E-state index in [2.05, 4.69) is 0 Å². The van der Waals surface area contributed by atoms with Gasteiger partial charge in [-0.05, 0) is 13.3 Å². The maximum atomic E-state index is 11.8. The summed E-state index contributed by atoms with van der Waals surface area (Å²) in [5.74, 6) is 0. The molecule has 1 aliphatic heterocycles. The van der Waals surface area contributed by atoms with Crippen molar-refractivity contribution in [1.82, 2.24) is 4.31 Å². The van der Waals surface area contributed by atoms with Gasteiger partial charge >= 0.3 is 0 Å². The Balaban J connectivity index is 2.76. The van der Waals surface area contributed by atoms with Crippen LogP contribution >= 0.6 is 0 Å². The van der Waals surface area contributed by atoms with Crippen molar-refractivity contribution in [2.24, 2.45) is 0 Å². The van der Waals surface area contributed by atoms with E-state index in [1.54, 1.807) is 6.07 Å². The van der Waals surface area contributed by atoms with Crippen LogP contribution in [-0.4, -0.2) is 43.8 Å². The van der Waals surface area contributed by atoms with Gasteiger partial charge < -0.3 is 4.74 Å². The smallest absolute Gasteiger partial charge is 0.230 e. The van der Waals surface area contributed by atoms with Crippen LogP contribution in [0.4, 0.5) is 0 Å². The Kier molecular flexibility index (Phi) is 4.08. The number of hydrogen-bond acceptors (Lipinski definition) is 4. The molecule has 1 heterocycles. The maximum Gasteiger partial charge on any atom is 0.230 e. The molecule has 2 atom stereocenters. The van der Waals surface area contributed by atoms with E-state index in [0.717, 1.165) is 6.42 Å². The van der Waals surface area contributed by atoms with Crippen molar-refractivity contribution in [3.8, 4) is 6.07 Å². The standard InChI is InChI=1S/C9H16N2O3S/c1-3-9-7-11(4-5-14-9)15(12,13)8(2)6-10/h8-9H,3-5,7H2,1-2H3. The van der Waals surface area contributed by atoms with Crippen LogP contribution in [0.1, 0.15) is 20.3 Å². The number of sulfonamides is 1. The molecular weight excluding hydrogens is 216 g/mol. The molecule has 5 nitrogen and oxygen atoms in total. The molecular formula is C9H16N2O3S. The highest BCUT2D eigenvalue weighted by Gasteiger charge is 2.32. The first kappa shape index (κ1) is 12.4. The SMILES string of the molecule is CCC1CN(S(=O)(=O)C(C)C#N)CCO1. The number of morpholine rings is 1. The Morgan fingerprint density at radius 2 is 2.33 bits per heavy atom. The third kappa shape index (κ3) is 2.68. The van der Waals surface area contributed by atoms with Crippen molar-refractivity contribution in [2.75, 3.05) is 19.7 Å². The van der Waals surface area contributed by atoms with Gasteiger partial charge in [0.2, 0.25) is 10.0 Å². The van der Waals surface area contributed by atoms with Gasteiger partial charge in [0.1, 0.15) is 0 Å². The molecule has 6 heteroatoms. The summed E-state index contributed by atoms with van der Waals surface area (Å²) in [6.07, 6.45) is 0.742. The van der Waals surface area contributed by atoms with Crippen molar-refractivity contribution >= 4 is 10.0 Å². The van der Waals surface area contributed by atoms with Crippen LogP contribution in [0.15, 0.2) is 0 Å². The quantitative estimate of drug-likeness (QED) is 0.703. The average Bonchev–Trinajstić information content (AvgIpc) is 2.27. The van der Waals surface area contributed by atoms with Gasteiger partial charge in [-0.3, -0.25) is 0 Å². The topological polar surface area (TPSA) is 70.4 Å². The zero-order valence-electron chi connectivity index (χ0n) is 9.01. The summed E-state index contributed by atoms with van der Waals surface area (Å²) in [5, 5.41) is 7.66. The van der Waals surface area contributed by atoms with Crippen LogP contribution in [0.2, 0.25) is 0 Å². The molecule has 0 amide bonds. The van der Waals surface area contributed by atoms with Gasteiger partial charge in [0, 0.05) is 13.1 Å². The summed E-state index contributed by atoms with van der Waals surface area (Å²) in [5.41, 5.74) is 0. The van der Waals surface area contributed by atoms with Crippen molar-refractivity contribution in [1.29, 1.82) is 5.26 Å². The van der Waals surface area contributed by atoms with Crippen molar-refractivity contribution in [2.45, 2.75) is 31.6 Å². The third-order valence-electron chi connectivity index (χ3n) is 2.55. The molecule has 1 saturated heterocycles. The monoisotopic (exact) mass is 232 g/mol. The van der Waals surface area contributed by atoms with Gasteiger partial charge in [0.05, 0.1) is 18.8 Å². The summed E-state index contributed by atoms with van der Waals surface area (Å²) < 4.78 is 30.4. The number of nitrogens with zero attached hydrogens (tertiary/aromatic N) is 2. The minimum absolute atomic E-state index is 0.0422. The largest absolute Gasteiger partial charge is 0.375 e. The molecule has 2 unspecified atom stereocenters. The van der Waals surface area contributed by atoms with E-state index in [0.29, 0.717) is 19.7 Å². The van der Waals surface area contributed by atoms with Crippen LogP contribution in [0.25, 0.3) is 0 Å². The van der Waals surface area contributed by atoms with E-state index >= 15 is 0 Å². The highest BCUT2D eigenvalue weighted by atomic mass is 32.2. The zero-order valence-corrected chi connectivity index (χ0v) is 9.83. The molecule has 0 bridgehead atoms. The Bertz CT molecular complexity index is 347. The summed E-state index contributed by atoms with van der Waals surface area (Å²) in [7, 11) is -3.46. The lowest BCUT2D eigenvalue weighted by atomic mass is 10.2. The number of ether oxygens (including phenoxy) is 1. The molecule has 1 aliphatic rings. The number of nitriles is 1. The van der Waals surface area contributed by atoms with Crippen molar-refractivity contribution < 1.29 is 13.2 Å². The van der Waals surface area contributed by atoms with Gasteiger partial charge in [-0.25, -0.2) is 8.42 Å². The van der Waals surface area contributed by atoms with E-state index < -0.39 is 15.3 Å². The summed E-state index contributed by atoms with van der Waals surface area (Å²) in [4.78, 5) is 0. The van der Waals surface area contributed by atoms with Crippen LogP contribution in [-0.2, 0) is 14.8 Å². The fraction of sp³-hybridized carbons (Fsp3) is 0.889. The fourth-order valence-electron chi connectivity index (χ4n) is 1.46. The molecule has 86 valence electrons. The molecule has 0 aromatic rings. The lowest BCUT2D eigenvalue weighted by Crippen LogP contribution is -2.47. The molecule has 0 N–H and O–H groups in total. The number of rotatable bonds is 3. The lowest BCUT2D eigenvalue weighted by molar-refractivity contribution is -0.00288. The minimum atomic E-state index is -3.46. The summed E-state index contributed by atoms with van der Waals surface area (Å²) in [6.45, 7) is 4.49. The zero-order chi connectivity index (χ0) is 11.5.